The molecule has 1 fully saturated rings. The third-order valence-corrected chi connectivity index (χ3v) is 4.92. The second-order valence-corrected chi connectivity index (χ2v) is 6.73. The van der Waals surface area contributed by atoms with Crippen molar-refractivity contribution in [2.75, 3.05) is 19.6 Å². The Labute approximate surface area is 146 Å². The van der Waals surface area contributed by atoms with Crippen LogP contribution in [0.4, 0.5) is 0 Å². The van der Waals surface area contributed by atoms with Crippen LogP contribution in [0.25, 0.3) is 0 Å². The van der Waals surface area contributed by atoms with Crippen LogP contribution in [0.1, 0.15) is 31.4 Å². The van der Waals surface area contributed by atoms with Crippen LogP contribution in [0.15, 0.2) is 18.2 Å². The predicted octanol–water partition coefficient (Wildman–Crippen LogP) is 2.37. The molecule has 1 aromatic rings. The number of nitrogens with two attached hydrogens (primary N) is 1. The molecule has 0 unspecified atom stereocenters. The van der Waals surface area contributed by atoms with Crippen molar-refractivity contribution in [2.24, 2.45) is 11.7 Å². The van der Waals surface area contributed by atoms with Gasteiger partial charge in [-0.1, -0.05) is 29.3 Å². The second kappa shape index (κ2) is 7.99. The monoisotopic (exact) mass is 357 g/mol. The standard InChI is InChI=1S/C16H21Cl2N3O2/c1-10(12-2-3-13(17)14(18)8-12)20-15(22)9-21-6-4-11(5-7-21)16(19)23/h2-3,8,10-11H,4-7,9H2,1H3,(H2,19,23)(H,20,22)/t10-/m0/s1. The Morgan fingerprint density at radius 1 is 1.30 bits per heavy atom. The fourth-order valence-electron chi connectivity index (χ4n) is 2.73. The third-order valence-electron chi connectivity index (χ3n) is 4.18. The molecule has 0 aromatic heterocycles. The molecule has 1 aromatic carbocycles. The van der Waals surface area contributed by atoms with Crippen molar-refractivity contribution < 1.29 is 9.59 Å². The molecule has 2 amide bonds. The van der Waals surface area contributed by atoms with Crippen molar-refractivity contribution >= 4 is 35.0 Å². The number of halogens is 2. The van der Waals surface area contributed by atoms with Crippen LogP contribution in [0.3, 0.4) is 0 Å². The molecule has 0 radical (unpaired) electrons. The van der Waals surface area contributed by atoms with Gasteiger partial charge in [-0.05, 0) is 50.6 Å². The van der Waals surface area contributed by atoms with Gasteiger partial charge < -0.3 is 11.1 Å². The van der Waals surface area contributed by atoms with Gasteiger partial charge in [-0.15, -0.1) is 0 Å². The van der Waals surface area contributed by atoms with E-state index in [-0.39, 0.29) is 23.8 Å². The molecule has 1 saturated heterocycles. The Hall–Kier alpha value is -1.30. The lowest BCUT2D eigenvalue weighted by atomic mass is 9.96. The van der Waals surface area contributed by atoms with Crippen LogP contribution in [-0.2, 0) is 9.59 Å². The maximum atomic E-state index is 12.2. The summed E-state index contributed by atoms with van der Waals surface area (Å²) in [6.45, 7) is 3.64. The number of primary amides is 1. The first-order valence-corrected chi connectivity index (χ1v) is 8.38. The third kappa shape index (κ3) is 5.09. The summed E-state index contributed by atoms with van der Waals surface area (Å²) in [5.74, 6) is -0.368. The van der Waals surface area contributed by atoms with Gasteiger partial charge in [0.1, 0.15) is 0 Å². The number of piperidine rings is 1. The Morgan fingerprint density at radius 3 is 2.52 bits per heavy atom. The van der Waals surface area contributed by atoms with E-state index in [1.54, 1.807) is 12.1 Å². The first kappa shape index (κ1) is 18.0. The fraction of sp³-hybridized carbons (Fsp3) is 0.500. The number of amides is 2. The number of carbonyl (C=O) groups is 2. The van der Waals surface area contributed by atoms with Crippen LogP contribution < -0.4 is 11.1 Å². The lowest BCUT2D eigenvalue weighted by Gasteiger charge is -2.30. The summed E-state index contributed by atoms with van der Waals surface area (Å²) in [5, 5.41) is 3.91. The van der Waals surface area contributed by atoms with Crippen LogP contribution in [0.5, 0.6) is 0 Å². The van der Waals surface area contributed by atoms with Crippen LogP contribution in [0, 0.1) is 5.92 Å². The summed E-state index contributed by atoms with van der Waals surface area (Å²) < 4.78 is 0. The first-order valence-electron chi connectivity index (χ1n) is 7.63. The van der Waals surface area contributed by atoms with Gasteiger partial charge in [0.25, 0.3) is 0 Å². The van der Waals surface area contributed by atoms with Crippen molar-refractivity contribution in [3.63, 3.8) is 0 Å². The van der Waals surface area contributed by atoms with Crippen molar-refractivity contribution in [1.82, 2.24) is 10.2 Å². The highest BCUT2D eigenvalue weighted by atomic mass is 35.5. The number of hydrogen-bond acceptors (Lipinski definition) is 3. The van der Waals surface area contributed by atoms with Gasteiger partial charge in [0, 0.05) is 5.92 Å². The largest absolute Gasteiger partial charge is 0.369 e. The van der Waals surface area contributed by atoms with Crippen molar-refractivity contribution in [1.29, 1.82) is 0 Å². The highest BCUT2D eigenvalue weighted by Gasteiger charge is 2.24. The maximum Gasteiger partial charge on any atom is 0.234 e. The van der Waals surface area contributed by atoms with Crippen molar-refractivity contribution in [3.8, 4) is 0 Å². The molecular weight excluding hydrogens is 337 g/mol. The summed E-state index contributed by atoms with van der Waals surface area (Å²) in [6, 6.07) is 5.17. The molecule has 2 rings (SSSR count). The highest BCUT2D eigenvalue weighted by Crippen LogP contribution is 2.25. The minimum atomic E-state index is -0.248. The number of hydrogen-bond donors (Lipinski definition) is 2. The number of rotatable bonds is 5. The summed E-state index contributed by atoms with van der Waals surface area (Å²) in [4.78, 5) is 25.3. The molecule has 126 valence electrons. The van der Waals surface area contributed by atoms with Crippen LogP contribution in [0.2, 0.25) is 10.0 Å². The first-order chi connectivity index (χ1) is 10.9. The van der Waals surface area contributed by atoms with Gasteiger partial charge in [-0.2, -0.15) is 0 Å². The Balaban J connectivity index is 1.82. The summed E-state index contributed by atoms with van der Waals surface area (Å²) in [5.41, 5.74) is 6.21. The number of nitrogens with one attached hydrogen (secondary N) is 1. The molecule has 0 spiro atoms. The van der Waals surface area contributed by atoms with E-state index in [0.717, 1.165) is 5.56 Å². The fourth-order valence-corrected chi connectivity index (χ4v) is 3.04. The molecular formula is C16H21Cl2N3O2. The molecule has 23 heavy (non-hydrogen) atoms. The Bertz CT molecular complexity index is 587. The van der Waals surface area contributed by atoms with Crippen LogP contribution in [-0.4, -0.2) is 36.3 Å². The molecule has 1 aliphatic heterocycles. The average Bonchev–Trinajstić information content (AvgIpc) is 2.50. The lowest BCUT2D eigenvalue weighted by Crippen LogP contribution is -2.44. The van der Waals surface area contributed by atoms with Crippen molar-refractivity contribution in [2.45, 2.75) is 25.8 Å². The molecule has 0 saturated carbocycles. The summed E-state index contributed by atoms with van der Waals surface area (Å²) >= 11 is 11.9. The number of nitrogens with zero attached hydrogens (tertiary/aromatic N) is 1. The molecule has 3 N–H and O–H groups in total. The minimum Gasteiger partial charge on any atom is -0.369 e. The second-order valence-electron chi connectivity index (χ2n) is 5.92. The quantitative estimate of drug-likeness (QED) is 0.849. The molecule has 1 atom stereocenters. The van der Waals surface area contributed by atoms with Gasteiger partial charge in [-0.25, -0.2) is 0 Å². The van der Waals surface area contributed by atoms with E-state index in [9.17, 15) is 9.59 Å². The average molecular weight is 358 g/mol. The minimum absolute atomic E-state index is 0.0545. The lowest BCUT2D eigenvalue weighted by molar-refractivity contribution is -0.124. The van der Waals surface area contributed by atoms with E-state index in [2.05, 4.69) is 5.32 Å². The normalized spacial score (nSPS) is 17.7. The van der Waals surface area contributed by atoms with E-state index < -0.39 is 0 Å². The van der Waals surface area contributed by atoms with Gasteiger partial charge in [0.2, 0.25) is 11.8 Å². The maximum absolute atomic E-state index is 12.2. The number of benzene rings is 1. The van der Waals surface area contributed by atoms with Gasteiger partial charge in [-0.3, -0.25) is 14.5 Å². The molecule has 0 bridgehead atoms. The highest BCUT2D eigenvalue weighted by molar-refractivity contribution is 6.42. The van der Waals surface area contributed by atoms with Gasteiger partial charge >= 0.3 is 0 Å². The summed E-state index contributed by atoms with van der Waals surface area (Å²) in [7, 11) is 0. The molecule has 1 heterocycles. The zero-order valence-corrected chi connectivity index (χ0v) is 14.5. The van der Waals surface area contributed by atoms with E-state index in [0.29, 0.717) is 42.5 Å². The van der Waals surface area contributed by atoms with Crippen molar-refractivity contribution in [3.05, 3.63) is 33.8 Å². The molecule has 0 aliphatic carbocycles. The Kier molecular flexibility index (Phi) is 6.27. The zero-order chi connectivity index (χ0) is 17.0. The van der Waals surface area contributed by atoms with Gasteiger partial charge in [0.15, 0.2) is 0 Å². The zero-order valence-electron chi connectivity index (χ0n) is 13.0. The number of carbonyl (C=O) groups excluding carboxylic acids is 2. The van der Waals surface area contributed by atoms with E-state index in [4.69, 9.17) is 28.9 Å². The predicted molar refractivity (Wildman–Crippen MR) is 91.4 cm³/mol. The van der Waals surface area contributed by atoms with Crippen LogP contribution >= 0.6 is 23.2 Å². The summed E-state index contributed by atoms with van der Waals surface area (Å²) in [6.07, 6.45) is 1.43. The smallest absolute Gasteiger partial charge is 0.234 e. The molecule has 1 aliphatic rings. The topological polar surface area (TPSA) is 75.4 Å². The van der Waals surface area contributed by atoms with E-state index in [1.807, 2.05) is 17.9 Å². The van der Waals surface area contributed by atoms with Gasteiger partial charge in [0.05, 0.1) is 22.6 Å². The molecule has 7 heteroatoms. The number of likely N-dealkylation sites (tertiary alicyclic amines) is 1. The Morgan fingerprint density at radius 2 is 1.96 bits per heavy atom. The van der Waals surface area contributed by atoms with E-state index in [1.165, 1.54) is 0 Å². The SMILES string of the molecule is C[C@H](NC(=O)CN1CCC(C(N)=O)CC1)c1ccc(Cl)c(Cl)c1. The van der Waals surface area contributed by atoms with E-state index >= 15 is 0 Å². The molecule has 5 nitrogen and oxygen atoms in total.